The first kappa shape index (κ1) is 13.8. The van der Waals surface area contributed by atoms with Crippen molar-refractivity contribution in [3.63, 3.8) is 0 Å². The van der Waals surface area contributed by atoms with E-state index in [4.69, 9.17) is 0 Å². The predicted molar refractivity (Wildman–Crippen MR) is 92.3 cm³/mol. The molecule has 1 aliphatic rings. The SMILES string of the molecule is N#Cc1ccccc1C1c2ccccc2CC1c1ccccc1. The molecule has 0 aromatic heterocycles. The molecule has 1 heteroatoms. The zero-order chi connectivity index (χ0) is 15.6. The van der Waals surface area contributed by atoms with Crippen molar-refractivity contribution in [2.45, 2.75) is 18.3 Å². The highest BCUT2D eigenvalue weighted by molar-refractivity contribution is 5.52. The molecule has 3 aromatic rings. The molecule has 0 fully saturated rings. The second-order valence-electron chi connectivity index (χ2n) is 6.10. The maximum absolute atomic E-state index is 9.53. The van der Waals surface area contributed by atoms with Crippen LogP contribution < -0.4 is 0 Å². The minimum absolute atomic E-state index is 0.254. The van der Waals surface area contributed by atoms with E-state index < -0.39 is 0 Å². The Morgan fingerprint density at radius 1 is 0.739 bits per heavy atom. The zero-order valence-corrected chi connectivity index (χ0v) is 12.8. The molecule has 0 saturated heterocycles. The first-order valence-corrected chi connectivity index (χ1v) is 8.00. The maximum Gasteiger partial charge on any atom is 0.0994 e. The molecular formula is C22H17N. The fourth-order valence-electron chi connectivity index (χ4n) is 3.86. The van der Waals surface area contributed by atoms with Crippen LogP contribution in [0, 0.1) is 11.3 Å². The molecule has 0 bridgehead atoms. The predicted octanol–water partition coefficient (Wildman–Crippen LogP) is 5.03. The normalized spacial score (nSPS) is 19.1. The van der Waals surface area contributed by atoms with Crippen LogP contribution in [-0.2, 0) is 6.42 Å². The summed E-state index contributed by atoms with van der Waals surface area (Å²) < 4.78 is 0. The number of nitriles is 1. The Labute approximate surface area is 136 Å². The molecule has 0 saturated carbocycles. The van der Waals surface area contributed by atoms with E-state index in [0.717, 1.165) is 17.5 Å². The van der Waals surface area contributed by atoms with Crippen molar-refractivity contribution in [3.8, 4) is 6.07 Å². The molecule has 0 aliphatic heterocycles. The fraction of sp³-hybridized carbons (Fsp3) is 0.136. The lowest BCUT2D eigenvalue weighted by atomic mass is 9.80. The monoisotopic (exact) mass is 295 g/mol. The van der Waals surface area contributed by atoms with Crippen molar-refractivity contribution < 1.29 is 0 Å². The summed E-state index contributed by atoms with van der Waals surface area (Å²) in [7, 11) is 0. The summed E-state index contributed by atoms with van der Waals surface area (Å²) in [6.07, 6.45) is 1.03. The van der Waals surface area contributed by atoms with E-state index in [2.05, 4.69) is 66.7 Å². The van der Waals surface area contributed by atoms with E-state index in [9.17, 15) is 5.26 Å². The lowest BCUT2D eigenvalue weighted by molar-refractivity contribution is 0.655. The van der Waals surface area contributed by atoms with E-state index in [1.165, 1.54) is 16.7 Å². The Kier molecular flexibility index (Phi) is 3.44. The fourth-order valence-corrected chi connectivity index (χ4v) is 3.86. The van der Waals surface area contributed by atoms with Gasteiger partial charge in [-0.25, -0.2) is 0 Å². The first-order valence-electron chi connectivity index (χ1n) is 8.00. The van der Waals surface area contributed by atoms with Crippen LogP contribution in [0.3, 0.4) is 0 Å². The highest BCUT2D eigenvalue weighted by Gasteiger charge is 2.35. The molecule has 0 amide bonds. The molecule has 2 unspecified atom stereocenters. The number of nitrogens with zero attached hydrogens (tertiary/aromatic N) is 1. The summed E-state index contributed by atoms with van der Waals surface area (Å²) in [5.41, 5.74) is 6.05. The van der Waals surface area contributed by atoms with Gasteiger partial charge in [-0.15, -0.1) is 0 Å². The Morgan fingerprint density at radius 2 is 1.39 bits per heavy atom. The van der Waals surface area contributed by atoms with Gasteiger partial charge in [0.05, 0.1) is 11.6 Å². The van der Waals surface area contributed by atoms with Gasteiger partial charge in [0.2, 0.25) is 0 Å². The minimum atomic E-state index is 0.254. The van der Waals surface area contributed by atoms with Crippen LogP contribution in [0.25, 0.3) is 0 Å². The lowest BCUT2D eigenvalue weighted by Crippen LogP contribution is -2.09. The van der Waals surface area contributed by atoms with Gasteiger partial charge in [0.25, 0.3) is 0 Å². The van der Waals surface area contributed by atoms with Crippen LogP contribution in [0.4, 0.5) is 0 Å². The third kappa shape index (κ3) is 2.33. The van der Waals surface area contributed by atoms with Gasteiger partial charge in [-0.1, -0.05) is 72.8 Å². The van der Waals surface area contributed by atoms with Crippen molar-refractivity contribution >= 4 is 0 Å². The molecule has 3 aromatic carbocycles. The van der Waals surface area contributed by atoms with Crippen molar-refractivity contribution in [2.24, 2.45) is 0 Å². The van der Waals surface area contributed by atoms with Crippen LogP contribution in [0.5, 0.6) is 0 Å². The highest BCUT2D eigenvalue weighted by Crippen LogP contribution is 2.48. The summed E-state index contributed by atoms with van der Waals surface area (Å²) in [6.45, 7) is 0. The largest absolute Gasteiger partial charge is 0.192 e. The van der Waals surface area contributed by atoms with Crippen molar-refractivity contribution in [2.75, 3.05) is 0 Å². The van der Waals surface area contributed by atoms with Crippen LogP contribution in [0.2, 0.25) is 0 Å². The van der Waals surface area contributed by atoms with Gasteiger partial charge < -0.3 is 0 Å². The summed E-state index contributed by atoms with van der Waals surface area (Å²) in [5, 5.41) is 9.53. The quantitative estimate of drug-likeness (QED) is 0.650. The number of rotatable bonds is 2. The second-order valence-corrected chi connectivity index (χ2v) is 6.10. The van der Waals surface area contributed by atoms with E-state index in [1.54, 1.807) is 0 Å². The van der Waals surface area contributed by atoms with Crippen LogP contribution in [-0.4, -0.2) is 0 Å². The molecule has 23 heavy (non-hydrogen) atoms. The molecule has 4 rings (SSSR count). The zero-order valence-electron chi connectivity index (χ0n) is 12.8. The maximum atomic E-state index is 9.53. The molecule has 0 radical (unpaired) electrons. The van der Waals surface area contributed by atoms with Crippen molar-refractivity contribution in [1.82, 2.24) is 0 Å². The summed E-state index contributed by atoms with van der Waals surface area (Å²) in [4.78, 5) is 0. The summed E-state index contributed by atoms with van der Waals surface area (Å²) in [6, 6.07) is 29.7. The Morgan fingerprint density at radius 3 is 2.17 bits per heavy atom. The smallest absolute Gasteiger partial charge is 0.0994 e. The molecule has 0 spiro atoms. The molecule has 110 valence electrons. The number of fused-ring (bicyclic) bond motifs is 1. The van der Waals surface area contributed by atoms with E-state index >= 15 is 0 Å². The highest BCUT2D eigenvalue weighted by atomic mass is 14.4. The Hall–Kier alpha value is -2.85. The standard InChI is InChI=1S/C22H17N/c23-15-18-11-5-7-13-20(18)22-19-12-6-4-10-17(19)14-21(22)16-8-2-1-3-9-16/h1-13,21-22H,14H2. The molecule has 1 nitrogen and oxygen atoms in total. The van der Waals surface area contributed by atoms with Gasteiger partial charge in [-0.2, -0.15) is 5.26 Å². The second kappa shape index (κ2) is 5.74. The third-order valence-corrected chi connectivity index (χ3v) is 4.88. The molecular weight excluding hydrogens is 278 g/mol. The summed E-state index contributed by atoms with van der Waals surface area (Å²) in [5.74, 6) is 0.646. The minimum Gasteiger partial charge on any atom is -0.192 e. The molecule has 1 aliphatic carbocycles. The van der Waals surface area contributed by atoms with Gasteiger partial charge in [-0.3, -0.25) is 0 Å². The van der Waals surface area contributed by atoms with Gasteiger partial charge in [0.1, 0.15) is 0 Å². The topological polar surface area (TPSA) is 23.8 Å². The van der Waals surface area contributed by atoms with Crippen LogP contribution in [0.1, 0.15) is 39.7 Å². The number of hydrogen-bond donors (Lipinski definition) is 0. The summed E-state index contributed by atoms with van der Waals surface area (Å²) >= 11 is 0. The number of benzene rings is 3. The number of hydrogen-bond acceptors (Lipinski definition) is 1. The van der Waals surface area contributed by atoms with Crippen LogP contribution in [0.15, 0.2) is 78.9 Å². The van der Waals surface area contributed by atoms with Crippen molar-refractivity contribution in [3.05, 3.63) is 107 Å². The van der Waals surface area contributed by atoms with E-state index in [1.807, 2.05) is 18.2 Å². The first-order chi connectivity index (χ1) is 11.4. The Bertz CT molecular complexity index is 874. The Balaban J connectivity index is 1.90. The van der Waals surface area contributed by atoms with Gasteiger partial charge in [0, 0.05) is 5.92 Å². The average molecular weight is 295 g/mol. The van der Waals surface area contributed by atoms with Gasteiger partial charge in [0.15, 0.2) is 0 Å². The molecule has 0 heterocycles. The average Bonchev–Trinajstić information content (AvgIpc) is 3.02. The van der Waals surface area contributed by atoms with Gasteiger partial charge in [-0.05, 0) is 40.7 Å². The lowest BCUT2D eigenvalue weighted by Gasteiger charge is -2.22. The van der Waals surface area contributed by atoms with E-state index in [-0.39, 0.29) is 5.92 Å². The van der Waals surface area contributed by atoms with Gasteiger partial charge >= 0.3 is 0 Å². The molecule has 0 N–H and O–H groups in total. The third-order valence-electron chi connectivity index (χ3n) is 4.88. The van der Waals surface area contributed by atoms with Crippen molar-refractivity contribution in [1.29, 1.82) is 5.26 Å². The van der Waals surface area contributed by atoms with E-state index in [0.29, 0.717) is 5.92 Å². The van der Waals surface area contributed by atoms with Crippen LogP contribution >= 0.6 is 0 Å². The molecule has 2 atom stereocenters.